The second-order valence-electron chi connectivity index (χ2n) is 10.8. The number of carboxylic acids is 1. The van der Waals surface area contributed by atoms with Gasteiger partial charge in [0.05, 0.1) is 10.8 Å². The Morgan fingerprint density at radius 2 is 1.23 bits per heavy atom. The Labute approximate surface area is 186 Å². The van der Waals surface area contributed by atoms with Crippen molar-refractivity contribution in [3.05, 3.63) is 0 Å². The maximum atomic E-state index is 12.6. The zero-order chi connectivity index (χ0) is 21.3. The Balaban J connectivity index is 0.000000730. The van der Waals surface area contributed by atoms with E-state index in [4.69, 9.17) is 9.84 Å². The average molecular weight is 427 g/mol. The number of aliphatic carboxylic acids is 1. The molecule has 4 bridgehead atoms. The lowest BCUT2D eigenvalue weighted by atomic mass is 9.49. The zero-order valence-electron chi connectivity index (χ0n) is 19.1. The molecule has 0 aliphatic heterocycles. The van der Waals surface area contributed by atoms with E-state index in [1.165, 1.54) is 32.1 Å². The van der Waals surface area contributed by atoms with Gasteiger partial charge in [0.2, 0.25) is 0 Å². The summed E-state index contributed by atoms with van der Waals surface area (Å²) in [6.07, 6.45) is 9.21. The third-order valence-electron chi connectivity index (χ3n) is 8.25. The van der Waals surface area contributed by atoms with Gasteiger partial charge >= 0.3 is 11.9 Å². The van der Waals surface area contributed by atoms with Crippen LogP contribution in [0.25, 0.3) is 0 Å². The Bertz CT molecular complexity index is 548. The third-order valence-corrected chi connectivity index (χ3v) is 8.25. The molecule has 1 N–H and O–H groups in total. The SMILES string of the molecule is C.C.CCC(C)(C)C(=O)O.CCC(C)(C)C(=O)OC1(CC)C2CC3CC(C2)CC1C3. The fourth-order valence-corrected chi connectivity index (χ4v) is 5.40. The Kier molecular flexibility index (Phi) is 10.1. The Morgan fingerprint density at radius 3 is 1.50 bits per heavy atom. The topological polar surface area (TPSA) is 63.6 Å². The van der Waals surface area contributed by atoms with Crippen LogP contribution < -0.4 is 0 Å². The summed E-state index contributed by atoms with van der Waals surface area (Å²) in [7, 11) is 0. The molecule has 0 amide bonds. The lowest BCUT2D eigenvalue weighted by Gasteiger charge is -2.60. The van der Waals surface area contributed by atoms with Crippen molar-refractivity contribution >= 4 is 11.9 Å². The van der Waals surface area contributed by atoms with Gasteiger partial charge in [0.15, 0.2) is 0 Å². The first-order valence-electron chi connectivity index (χ1n) is 11.4. The molecule has 4 heteroatoms. The van der Waals surface area contributed by atoms with Gasteiger partial charge < -0.3 is 9.84 Å². The van der Waals surface area contributed by atoms with Gasteiger partial charge in [-0.3, -0.25) is 9.59 Å². The number of carboxylic acid groups (broad SMARTS) is 1. The number of carbonyl (C=O) groups excluding carboxylic acids is 1. The van der Waals surface area contributed by atoms with E-state index < -0.39 is 11.4 Å². The molecule has 4 nitrogen and oxygen atoms in total. The highest BCUT2D eigenvalue weighted by Crippen LogP contribution is 2.61. The summed E-state index contributed by atoms with van der Waals surface area (Å²) in [4.78, 5) is 22.9. The van der Waals surface area contributed by atoms with Crippen molar-refractivity contribution in [2.75, 3.05) is 0 Å². The van der Waals surface area contributed by atoms with Gasteiger partial charge in [-0.15, -0.1) is 0 Å². The van der Waals surface area contributed by atoms with Crippen molar-refractivity contribution in [2.24, 2.45) is 34.5 Å². The first-order valence-corrected chi connectivity index (χ1v) is 11.4. The summed E-state index contributed by atoms with van der Waals surface area (Å²) in [5.41, 5.74) is -1.01. The molecular weight excluding hydrogens is 376 g/mol. The van der Waals surface area contributed by atoms with E-state index in [-0.39, 0.29) is 31.8 Å². The maximum absolute atomic E-state index is 12.6. The third kappa shape index (κ3) is 5.59. The molecule has 0 saturated heterocycles. The van der Waals surface area contributed by atoms with E-state index in [1.54, 1.807) is 13.8 Å². The standard InChI is InChI=1S/C18H30O2.C6H12O2.2CH4/c1-5-17(3,4)16(19)20-18(6-2)14-8-12-7-13(10-14)11-15(18)9-12;1-4-6(2,3)5(7)8;;/h12-15H,5-11H2,1-4H3;4H2,1-3H3,(H,7,8);2*1H4. The summed E-state index contributed by atoms with van der Waals surface area (Å²) in [6.45, 7) is 13.7. The van der Waals surface area contributed by atoms with Gasteiger partial charge in [-0.2, -0.15) is 0 Å². The van der Waals surface area contributed by atoms with Crippen LogP contribution in [-0.4, -0.2) is 22.6 Å². The summed E-state index contributed by atoms with van der Waals surface area (Å²) in [5, 5.41) is 8.44. The van der Waals surface area contributed by atoms with E-state index in [2.05, 4.69) is 13.8 Å². The van der Waals surface area contributed by atoms with Crippen LogP contribution in [0.4, 0.5) is 0 Å². The molecule has 0 aromatic heterocycles. The van der Waals surface area contributed by atoms with Crippen molar-refractivity contribution in [3.8, 4) is 0 Å². The van der Waals surface area contributed by atoms with Gasteiger partial charge in [-0.1, -0.05) is 35.6 Å². The highest BCUT2D eigenvalue weighted by Gasteiger charge is 2.59. The molecule has 0 unspecified atom stereocenters. The molecule has 0 aromatic rings. The molecule has 4 aliphatic rings. The van der Waals surface area contributed by atoms with E-state index in [9.17, 15) is 9.59 Å². The first kappa shape index (κ1) is 28.9. The van der Waals surface area contributed by atoms with E-state index in [0.717, 1.165) is 24.7 Å². The maximum Gasteiger partial charge on any atom is 0.312 e. The molecule has 0 aromatic carbocycles. The monoisotopic (exact) mass is 426 g/mol. The van der Waals surface area contributed by atoms with Gasteiger partial charge in [0, 0.05) is 0 Å². The van der Waals surface area contributed by atoms with E-state index in [0.29, 0.717) is 18.3 Å². The van der Waals surface area contributed by atoms with Crippen LogP contribution in [0.15, 0.2) is 0 Å². The number of esters is 1. The molecule has 0 spiro atoms. The summed E-state index contributed by atoms with van der Waals surface area (Å²) in [6, 6.07) is 0. The highest BCUT2D eigenvalue weighted by atomic mass is 16.6. The lowest BCUT2D eigenvalue weighted by Crippen LogP contribution is -2.60. The number of hydrogen-bond acceptors (Lipinski definition) is 3. The molecule has 4 fully saturated rings. The van der Waals surface area contributed by atoms with Crippen molar-refractivity contribution in [2.45, 2.75) is 120 Å². The Hall–Kier alpha value is -1.06. The summed E-state index contributed by atoms with van der Waals surface area (Å²) >= 11 is 0. The lowest BCUT2D eigenvalue weighted by molar-refractivity contribution is -0.218. The molecule has 0 heterocycles. The van der Waals surface area contributed by atoms with Crippen molar-refractivity contribution in [1.82, 2.24) is 0 Å². The van der Waals surface area contributed by atoms with Crippen molar-refractivity contribution < 1.29 is 19.4 Å². The molecule has 4 saturated carbocycles. The van der Waals surface area contributed by atoms with Gasteiger partial charge in [0.1, 0.15) is 5.60 Å². The summed E-state index contributed by atoms with van der Waals surface area (Å²) < 4.78 is 6.28. The van der Waals surface area contributed by atoms with Crippen LogP contribution >= 0.6 is 0 Å². The molecule has 4 rings (SSSR count). The highest BCUT2D eigenvalue weighted by molar-refractivity contribution is 5.76. The minimum Gasteiger partial charge on any atom is -0.481 e. The number of rotatable bonds is 6. The second kappa shape index (κ2) is 10.5. The quantitative estimate of drug-likeness (QED) is 0.451. The van der Waals surface area contributed by atoms with E-state index >= 15 is 0 Å². The van der Waals surface area contributed by atoms with Gasteiger partial charge in [0.25, 0.3) is 0 Å². The van der Waals surface area contributed by atoms with Crippen LogP contribution in [0.3, 0.4) is 0 Å². The van der Waals surface area contributed by atoms with Crippen LogP contribution in [0.2, 0.25) is 0 Å². The fraction of sp³-hybridized carbons (Fsp3) is 0.923. The smallest absolute Gasteiger partial charge is 0.312 e. The molecule has 0 radical (unpaired) electrons. The van der Waals surface area contributed by atoms with Crippen LogP contribution in [-0.2, 0) is 14.3 Å². The average Bonchev–Trinajstić information content (AvgIpc) is 2.64. The predicted molar refractivity (Wildman–Crippen MR) is 125 cm³/mol. The number of hydrogen-bond donors (Lipinski definition) is 1. The van der Waals surface area contributed by atoms with Gasteiger partial charge in [-0.25, -0.2) is 0 Å². The minimum atomic E-state index is -0.722. The van der Waals surface area contributed by atoms with Gasteiger partial charge in [-0.05, 0) is 103 Å². The van der Waals surface area contributed by atoms with Crippen molar-refractivity contribution in [3.63, 3.8) is 0 Å². The van der Waals surface area contributed by atoms with Crippen LogP contribution in [0.5, 0.6) is 0 Å². The first-order chi connectivity index (χ1) is 12.9. The Morgan fingerprint density at radius 1 is 0.833 bits per heavy atom. The molecule has 0 atom stereocenters. The summed E-state index contributed by atoms with van der Waals surface area (Å²) in [5.74, 6) is 2.44. The second-order valence-corrected chi connectivity index (χ2v) is 10.8. The number of carbonyl (C=O) groups is 2. The van der Waals surface area contributed by atoms with E-state index in [1.807, 2.05) is 20.8 Å². The zero-order valence-corrected chi connectivity index (χ0v) is 19.1. The van der Waals surface area contributed by atoms with Crippen LogP contribution in [0, 0.1) is 34.5 Å². The van der Waals surface area contributed by atoms with Crippen LogP contribution in [0.1, 0.15) is 115 Å². The predicted octanol–water partition coefficient (Wildman–Crippen LogP) is 7.35. The fourth-order valence-electron chi connectivity index (χ4n) is 5.40. The normalized spacial score (nSPS) is 31.6. The molecular formula is C26H50O4. The number of ether oxygens (including phenoxy) is 1. The molecule has 178 valence electrons. The molecule has 4 aliphatic carbocycles. The minimum absolute atomic E-state index is 0. The van der Waals surface area contributed by atoms with Crippen molar-refractivity contribution in [1.29, 1.82) is 0 Å². The molecule has 30 heavy (non-hydrogen) atoms. The largest absolute Gasteiger partial charge is 0.481 e.